The van der Waals surface area contributed by atoms with E-state index in [0.717, 1.165) is 55.4 Å². The maximum absolute atomic E-state index is 12.7. The maximum Gasteiger partial charge on any atom is 0.328 e. The average Bonchev–Trinajstić information content (AvgIpc) is 2.93. The van der Waals surface area contributed by atoms with E-state index in [2.05, 4.69) is 53.6 Å². The third-order valence-corrected chi connectivity index (χ3v) is 6.95. The fourth-order valence-electron chi connectivity index (χ4n) is 4.87. The standard InChI is InChI=1S/C28H33N7O3.H2S/c1-38-27(37)25-7-3-6-24(36)19-35-12-10-34(11-13-35)18-20-4-2-5-23(14-20)32-26-15-21(8-9-29-26)22-16-30-28(33-25)31-17-22;/h2,4-5,8-9,14-17,25H,3,6-7,10-13,18-19H2,1H3,(H,29,32)(H,30,31,33);1H2. The van der Waals surface area contributed by atoms with E-state index in [0.29, 0.717) is 31.8 Å². The highest BCUT2D eigenvalue weighted by Gasteiger charge is 2.22. The molecule has 2 aromatic heterocycles. The molecule has 7 heterocycles. The largest absolute Gasteiger partial charge is 0.467 e. The van der Waals surface area contributed by atoms with Gasteiger partial charge in [0.1, 0.15) is 17.6 Å². The van der Waals surface area contributed by atoms with Crippen LogP contribution in [0.15, 0.2) is 55.0 Å². The molecule has 3 aromatic rings. The number of carbonyl (C=O) groups excluding carboxylic acids is 2. The van der Waals surface area contributed by atoms with E-state index in [9.17, 15) is 9.59 Å². The molecule has 11 heteroatoms. The minimum atomic E-state index is -0.629. The van der Waals surface area contributed by atoms with Gasteiger partial charge < -0.3 is 15.4 Å². The summed E-state index contributed by atoms with van der Waals surface area (Å²) >= 11 is 0. The zero-order valence-corrected chi connectivity index (χ0v) is 23.1. The monoisotopic (exact) mass is 549 g/mol. The Kier molecular flexibility index (Phi) is 9.85. The van der Waals surface area contributed by atoms with Crippen molar-refractivity contribution in [3.05, 3.63) is 60.6 Å². The number of methoxy groups -OCH3 is 1. The second-order valence-corrected chi connectivity index (χ2v) is 9.75. The Labute approximate surface area is 235 Å². The van der Waals surface area contributed by atoms with Gasteiger partial charge in [-0.2, -0.15) is 13.5 Å². The Morgan fingerprint density at radius 3 is 2.46 bits per heavy atom. The van der Waals surface area contributed by atoms with Crippen LogP contribution >= 0.6 is 13.5 Å². The molecule has 0 saturated carbocycles. The minimum absolute atomic E-state index is 0. The third kappa shape index (κ3) is 7.75. The molecule has 1 fully saturated rings. The molecule has 0 aliphatic carbocycles. The van der Waals surface area contributed by atoms with Gasteiger partial charge in [0.05, 0.1) is 13.7 Å². The molecule has 206 valence electrons. The van der Waals surface area contributed by atoms with Crippen molar-refractivity contribution in [2.24, 2.45) is 0 Å². The number of carbonyl (C=O) groups is 2. The van der Waals surface area contributed by atoms with Crippen molar-refractivity contribution in [1.82, 2.24) is 24.8 Å². The molecule has 8 bridgehead atoms. The van der Waals surface area contributed by atoms with Gasteiger partial charge in [-0.1, -0.05) is 12.1 Å². The summed E-state index contributed by atoms with van der Waals surface area (Å²) in [6.45, 7) is 4.86. The number of pyridine rings is 1. The van der Waals surface area contributed by atoms with Crippen molar-refractivity contribution in [3.63, 3.8) is 0 Å². The lowest BCUT2D eigenvalue weighted by molar-refractivity contribution is -0.141. The molecule has 1 saturated heterocycles. The molecular weight excluding hydrogens is 514 g/mol. The summed E-state index contributed by atoms with van der Waals surface area (Å²) in [4.78, 5) is 43.0. The highest BCUT2D eigenvalue weighted by atomic mass is 32.1. The van der Waals surface area contributed by atoms with E-state index in [1.54, 1.807) is 18.6 Å². The lowest BCUT2D eigenvalue weighted by Crippen LogP contribution is -2.47. The Balaban J connectivity index is 0.00000353. The number of nitrogens with zero attached hydrogens (tertiary/aromatic N) is 5. The lowest BCUT2D eigenvalue weighted by atomic mass is 10.1. The smallest absolute Gasteiger partial charge is 0.328 e. The van der Waals surface area contributed by atoms with E-state index >= 15 is 0 Å². The SMILES string of the molecule is COC(=O)C1CCCC(=O)CN2CCN(CC2)Cc2cccc(c2)Nc2cc(ccn2)-c2cnc(nc2)N1.S. The summed E-state index contributed by atoms with van der Waals surface area (Å²) in [7, 11) is 1.36. The number of Topliss-reactive ketones (excluding diaryl/α,β-unsaturated/α-hetero) is 1. The molecular formula is C28H35N7O3S. The quantitative estimate of drug-likeness (QED) is 0.439. The number of rotatable bonds is 1. The molecule has 8 rings (SSSR count). The topological polar surface area (TPSA) is 113 Å². The zero-order valence-electron chi connectivity index (χ0n) is 22.1. The average molecular weight is 550 g/mol. The number of benzene rings is 1. The fraction of sp³-hybridized carbons (Fsp3) is 0.393. The van der Waals surface area contributed by atoms with Gasteiger partial charge >= 0.3 is 5.97 Å². The molecule has 0 spiro atoms. The molecule has 5 aliphatic heterocycles. The first-order chi connectivity index (χ1) is 18.6. The van der Waals surface area contributed by atoms with Crippen molar-refractivity contribution in [2.45, 2.75) is 31.8 Å². The van der Waals surface area contributed by atoms with Gasteiger partial charge in [0, 0.05) is 69.0 Å². The van der Waals surface area contributed by atoms with Crippen LogP contribution in [-0.4, -0.2) is 82.4 Å². The summed E-state index contributed by atoms with van der Waals surface area (Å²) in [6, 6.07) is 11.6. The van der Waals surface area contributed by atoms with Gasteiger partial charge in [0.2, 0.25) is 5.95 Å². The van der Waals surface area contributed by atoms with Crippen LogP contribution in [0.3, 0.4) is 0 Å². The first-order valence-electron chi connectivity index (χ1n) is 13.0. The highest BCUT2D eigenvalue weighted by molar-refractivity contribution is 7.59. The number of ketones is 1. The van der Waals surface area contributed by atoms with Crippen LogP contribution in [0.5, 0.6) is 0 Å². The number of hydrogen-bond donors (Lipinski definition) is 2. The molecule has 39 heavy (non-hydrogen) atoms. The number of aromatic nitrogens is 3. The van der Waals surface area contributed by atoms with Crippen molar-refractivity contribution >= 4 is 42.7 Å². The first-order valence-corrected chi connectivity index (χ1v) is 13.0. The van der Waals surface area contributed by atoms with Crippen molar-refractivity contribution < 1.29 is 14.3 Å². The highest BCUT2D eigenvalue weighted by Crippen LogP contribution is 2.24. The maximum atomic E-state index is 12.7. The van der Waals surface area contributed by atoms with Crippen LogP contribution in [0, 0.1) is 0 Å². The van der Waals surface area contributed by atoms with Gasteiger partial charge in [-0.25, -0.2) is 19.7 Å². The van der Waals surface area contributed by atoms with Gasteiger partial charge in [0.25, 0.3) is 0 Å². The molecule has 1 unspecified atom stereocenters. The zero-order chi connectivity index (χ0) is 26.3. The van der Waals surface area contributed by atoms with Crippen molar-refractivity contribution in [1.29, 1.82) is 0 Å². The second kappa shape index (κ2) is 13.5. The molecule has 1 atom stereocenters. The molecule has 0 amide bonds. The fourth-order valence-corrected chi connectivity index (χ4v) is 4.87. The third-order valence-electron chi connectivity index (χ3n) is 6.95. The van der Waals surface area contributed by atoms with Gasteiger partial charge in [0.15, 0.2) is 0 Å². The van der Waals surface area contributed by atoms with E-state index in [1.165, 1.54) is 12.7 Å². The summed E-state index contributed by atoms with van der Waals surface area (Å²) in [5, 5.41) is 6.48. The van der Waals surface area contributed by atoms with Gasteiger partial charge in [-0.3, -0.25) is 14.6 Å². The van der Waals surface area contributed by atoms with Crippen LogP contribution in [0.1, 0.15) is 24.8 Å². The first kappa shape index (κ1) is 28.5. The molecule has 0 radical (unpaired) electrons. The van der Waals surface area contributed by atoms with Crippen LogP contribution < -0.4 is 10.6 Å². The molecule has 2 N–H and O–H groups in total. The van der Waals surface area contributed by atoms with Crippen molar-refractivity contribution in [2.75, 3.05) is 50.5 Å². The summed E-state index contributed by atoms with van der Waals surface area (Å²) in [5.74, 6) is 0.843. The number of ether oxygens (including phenoxy) is 1. The normalized spacial score (nSPS) is 21.7. The Hall–Kier alpha value is -3.54. The Morgan fingerprint density at radius 1 is 0.974 bits per heavy atom. The van der Waals surface area contributed by atoms with Crippen LogP contribution in [0.2, 0.25) is 0 Å². The molecule has 10 nitrogen and oxygen atoms in total. The minimum Gasteiger partial charge on any atom is -0.467 e. The number of hydrogen-bond acceptors (Lipinski definition) is 10. The van der Waals surface area contributed by atoms with Crippen LogP contribution in [0.25, 0.3) is 11.1 Å². The van der Waals surface area contributed by atoms with Crippen LogP contribution in [-0.2, 0) is 20.9 Å². The summed E-state index contributed by atoms with van der Waals surface area (Å²) in [5.41, 5.74) is 3.95. The number of nitrogens with one attached hydrogen (secondary N) is 2. The Morgan fingerprint density at radius 2 is 1.72 bits per heavy atom. The molecule has 5 aliphatic rings. The second-order valence-electron chi connectivity index (χ2n) is 9.75. The van der Waals surface area contributed by atoms with Crippen molar-refractivity contribution in [3.8, 4) is 11.1 Å². The summed E-state index contributed by atoms with van der Waals surface area (Å²) < 4.78 is 4.97. The Bertz CT molecular complexity index is 1270. The predicted octanol–water partition coefficient (Wildman–Crippen LogP) is 3.22. The van der Waals surface area contributed by atoms with E-state index in [-0.39, 0.29) is 19.3 Å². The van der Waals surface area contributed by atoms with Gasteiger partial charge in [-0.05, 0) is 48.2 Å². The van der Waals surface area contributed by atoms with E-state index in [4.69, 9.17) is 4.74 Å². The van der Waals surface area contributed by atoms with E-state index < -0.39 is 12.0 Å². The predicted molar refractivity (Wildman–Crippen MR) is 155 cm³/mol. The molecule has 1 aromatic carbocycles. The van der Waals surface area contributed by atoms with Gasteiger partial charge in [-0.15, -0.1) is 0 Å². The van der Waals surface area contributed by atoms with Crippen LogP contribution in [0.4, 0.5) is 17.5 Å². The number of esters is 1. The van der Waals surface area contributed by atoms with E-state index in [1.807, 2.05) is 18.2 Å². The number of piperazine rings is 1. The summed E-state index contributed by atoms with van der Waals surface area (Å²) in [6.07, 6.45) is 6.62. The number of anilines is 3. The lowest BCUT2D eigenvalue weighted by Gasteiger charge is -2.34.